The molecule has 29 heavy (non-hydrogen) atoms. The number of aromatic nitrogens is 1. The maximum atomic E-state index is 13.5. The van der Waals surface area contributed by atoms with E-state index in [1.807, 2.05) is 18.2 Å². The predicted octanol–water partition coefficient (Wildman–Crippen LogP) is 6.60. The second-order valence-corrected chi connectivity index (χ2v) is 8.38. The summed E-state index contributed by atoms with van der Waals surface area (Å²) in [6, 6.07) is 11.9. The molecule has 6 heteroatoms. The van der Waals surface area contributed by atoms with Gasteiger partial charge in [0.25, 0.3) is 0 Å². The lowest BCUT2D eigenvalue weighted by Gasteiger charge is -2.29. The number of ether oxygens (including phenoxy) is 1. The van der Waals surface area contributed by atoms with Gasteiger partial charge in [0.05, 0.1) is 10.5 Å². The van der Waals surface area contributed by atoms with Gasteiger partial charge in [0.1, 0.15) is 22.8 Å². The summed E-state index contributed by atoms with van der Waals surface area (Å²) in [5.74, 6) is 0.384. The van der Waals surface area contributed by atoms with Gasteiger partial charge in [-0.25, -0.2) is 9.37 Å². The average molecular weight is 433 g/mol. The van der Waals surface area contributed by atoms with Crippen LogP contribution < -0.4 is 4.74 Å². The highest BCUT2D eigenvalue weighted by atomic mass is 35.5. The van der Waals surface area contributed by atoms with Gasteiger partial charge in [0.2, 0.25) is 0 Å². The van der Waals surface area contributed by atoms with Crippen LogP contribution in [0.15, 0.2) is 42.5 Å². The number of hydrogen-bond acceptors (Lipinski definition) is 3. The quantitative estimate of drug-likeness (QED) is 0.424. The summed E-state index contributed by atoms with van der Waals surface area (Å²) in [5, 5.41) is 1.58. The number of pyridine rings is 1. The molecule has 0 spiro atoms. The zero-order valence-electron chi connectivity index (χ0n) is 16.3. The Kier molecular flexibility index (Phi) is 6.23. The molecule has 1 aliphatic heterocycles. The maximum Gasteiger partial charge on any atom is 0.130 e. The van der Waals surface area contributed by atoms with Crippen LogP contribution in [-0.4, -0.2) is 35.6 Å². The van der Waals surface area contributed by atoms with Crippen molar-refractivity contribution in [2.24, 2.45) is 0 Å². The van der Waals surface area contributed by atoms with Crippen LogP contribution in [0.1, 0.15) is 26.2 Å². The van der Waals surface area contributed by atoms with Gasteiger partial charge in [-0.05, 0) is 74.8 Å². The molecule has 3 nitrogen and oxygen atoms in total. The molecule has 1 saturated heterocycles. The van der Waals surface area contributed by atoms with Gasteiger partial charge in [-0.2, -0.15) is 0 Å². The van der Waals surface area contributed by atoms with Crippen LogP contribution >= 0.6 is 23.2 Å². The number of piperidine rings is 1. The van der Waals surface area contributed by atoms with E-state index in [1.165, 1.54) is 31.4 Å². The molecule has 1 aromatic heterocycles. The fourth-order valence-electron chi connectivity index (χ4n) is 3.96. The molecule has 0 N–H and O–H groups in total. The molecule has 0 amide bonds. The highest BCUT2D eigenvalue weighted by Gasteiger charge is 2.16. The number of benzene rings is 2. The van der Waals surface area contributed by atoms with Crippen molar-refractivity contribution < 1.29 is 9.13 Å². The molecule has 1 fully saturated rings. The Morgan fingerprint density at radius 3 is 2.59 bits per heavy atom. The van der Waals surface area contributed by atoms with E-state index in [1.54, 1.807) is 12.1 Å². The van der Waals surface area contributed by atoms with Crippen molar-refractivity contribution in [3.63, 3.8) is 0 Å². The fourth-order valence-corrected chi connectivity index (χ4v) is 4.42. The van der Waals surface area contributed by atoms with Crippen molar-refractivity contribution in [2.75, 3.05) is 19.6 Å². The molecule has 1 aliphatic rings. The molecule has 152 valence electrons. The lowest BCUT2D eigenvalue weighted by Crippen LogP contribution is -2.37. The third kappa shape index (κ3) is 4.82. The Morgan fingerprint density at radius 1 is 1.03 bits per heavy atom. The summed E-state index contributed by atoms with van der Waals surface area (Å²) in [5.41, 5.74) is 2.25. The topological polar surface area (TPSA) is 25.4 Å². The summed E-state index contributed by atoms with van der Waals surface area (Å²) in [4.78, 5) is 6.91. The van der Waals surface area contributed by atoms with E-state index in [4.69, 9.17) is 27.9 Å². The minimum Gasteiger partial charge on any atom is -0.489 e. The van der Waals surface area contributed by atoms with Gasteiger partial charge in [-0.15, -0.1) is 0 Å². The monoisotopic (exact) mass is 432 g/mol. The molecule has 0 radical (unpaired) electrons. The fraction of sp³-hybridized carbons (Fsp3) is 0.348. The van der Waals surface area contributed by atoms with Gasteiger partial charge in [-0.1, -0.05) is 29.6 Å². The predicted molar refractivity (Wildman–Crippen MR) is 118 cm³/mol. The highest BCUT2D eigenvalue weighted by Crippen LogP contribution is 2.36. The second kappa shape index (κ2) is 8.86. The van der Waals surface area contributed by atoms with E-state index in [2.05, 4.69) is 16.8 Å². The summed E-state index contributed by atoms with van der Waals surface area (Å²) in [7, 11) is 0. The minimum atomic E-state index is -0.374. The molecule has 2 heterocycles. The van der Waals surface area contributed by atoms with Crippen LogP contribution in [0.2, 0.25) is 10.2 Å². The number of rotatable bonds is 5. The first kappa shape index (κ1) is 20.4. The van der Waals surface area contributed by atoms with Crippen molar-refractivity contribution in [3.05, 3.63) is 58.5 Å². The number of fused-ring (bicyclic) bond motifs is 1. The highest BCUT2D eigenvalue weighted by molar-refractivity contribution is 6.34. The van der Waals surface area contributed by atoms with Crippen molar-refractivity contribution in [1.29, 1.82) is 0 Å². The molecule has 0 unspecified atom stereocenters. The maximum absolute atomic E-state index is 13.5. The SMILES string of the molecule is C[C@H](CN1CCCCC1)Oc1ccc2c(-c3ccc(F)cc3Cl)cc(Cl)nc2c1. The number of hydrogen-bond donors (Lipinski definition) is 0. The van der Waals surface area contributed by atoms with Crippen LogP contribution in [0.3, 0.4) is 0 Å². The van der Waals surface area contributed by atoms with Crippen LogP contribution in [0.5, 0.6) is 5.75 Å². The lowest BCUT2D eigenvalue weighted by atomic mass is 10.0. The Bertz CT molecular complexity index is 1020. The van der Waals surface area contributed by atoms with Gasteiger partial charge in [0.15, 0.2) is 0 Å². The Balaban J connectivity index is 1.61. The smallest absolute Gasteiger partial charge is 0.130 e. The summed E-state index contributed by atoms with van der Waals surface area (Å²) < 4.78 is 19.6. The summed E-state index contributed by atoms with van der Waals surface area (Å²) >= 11 is 12.5. The molecule has 0 aliphatic carbocycles. The normalized spacial score (nSPS) is 16.1. The molecule has 3 aromatic rings. The van der Waals surface area contributed by atoms with E-state index in [0.717, 1.165) is 47.4 Å². The van der Waals surface area contributed by atoms with Crippen LogP contribution in [0.4, 0.5) is 4.39 Å². The first-order valence-corrected chi connectivity index (χ1v) is 10.7. The van der Waals surface area contributed by atoms with Crippen LogP contribution in [0.25, 0.3) is 22.0 Å². The lowest BCUT2D eigenvalue weighted by molar-refractivity contribution is 0.130. The number of halogens is 3. The molecular formula is C23H23Cl2FN2O. The average Bonchev–Trinajstić information content (AvgIpc) is 2.68. The van der Waals surface area contributed by atoms with E-state index >= 15 is 0 Å². The van der Waals surface area contributed by atoms with Crippen molar-refractivity contribution in [1.82, 2.24) is 9.88 Å². The first-order chi connectivity index (χ1) is 14.0. The Labute approximate surface area is 180 Å². The Hall–Kier alpha value is -1.88. The van der Waals surface area contributed by atoms with Gasteiger partial charge >= 0.3 is 0 Å². The minimum absolute atomic E-state index is 0.0794. The van der Waals surface area contributed by atoms with Gasteiger partial charge < -0.3 is 4.74 Å². The molecule has 0 bridgehead atoms. The van der Waals surface area contributed by atoms with Gasteiger partial charge in [0, 0.05) is 23.6 Å². The number of nitrogens with zero attached hydrogens (tertiary/aromatic N) is 2. The molecule has 0 saturated carbocycles. The van der Waals surface area contributed by atoms with E-state index < -0.39 is 0 Å². The van der Waals surface area contributed by atoms with E-state index in [9.17, 15) is 4.39 Å². The molecule has 1 atom stereocenters. The summed E-state index contributed by atoms with van der Waals surface area (Å²) in [6.07, 6.45) is 3.93. The van der Waals surface area contributed by atoms with Gasteiger partial charge in [-0.3, -0.25) is 4.90 Å². The van der Waals surface area contributed by atoms with Crippen molar-refractivity contribution in [3.8, 4) is 16.9 Å². The number of likely N-dealkylation sites (tertiary alicyclic amines) is 1. The Morgan fingerprint density at radius 2 is 1.83 bits per heavy atom. The zero-order chi connectivity index (χ0) is 20.4. The second-order valence-electron chi connectivity index (χ2n) is 7.59. The molecule has 2 aromatic carbocycles. The molecule has 4 rings (SSSR count). The van der Waals surface area contributed by atoms with Crippen molar-refractivity contribution >= 4 is 34.1 Å². The third-order valence-electron chi connectivity index (χ3n) is 5.27. The van der Waals surface area contributed by atoms with Crippen LogP contribution in [-0.2, 0) is 0 Å². The van der Waals surface area contributed by atoms with E-state index in [0.29, 0.717) is 10.2 Å². The first-order valence-electron chi connectivity index (χ1n) is 9.94. The van der Waals surface area contributed by atoms with Crippen molar-refractivity contribution in [2.45, 2.75) is 32.3 Å². The van der Waals surface area contributed by atoms with Crippen LogP contribution in [0, 0.1) is 5.82 Å². The summed E-state index contributed by atoms with van der Waals surface area (Å²) in [6.45, 7) is 5.29. The molecular weight excluding hydrogens is 410 g/mol. The van der Waals surface area contributed by atoms with E-state index in [-0.39, 0.29) is 11.9 Å². The third-order valence-corrected chi connectivity index (χ3v) is 5.78. The standard InChI is InChI=1S/C23H23Cl2FN2O/c1-15(14-28-9-3-2-4-10-28)29-17-6-8-19-20(13-23(25)27-22(19)12-17)18-7-5-16(26)11-21(18)24/h5-8,11-13,15H,2-4,9-10,14H2,1H3/t15-/m1/s1. The zero-order valence-corrected chi connectivity index (χ0v) is 17.8. The largest absolute Gasteiger partial charge is 0.489 e.